The number of carboxylic acids is 1. The van der Waals surface area contributed by atoms with E-state index in [4.69, 9.17) is 5.11 Å². The lowest BCUT2D eigenvalue weighted by molar-refractivity contribution is -0.116. The first-order valence-corrected chi connectivity index (χ1v) is 5.33. The van der Waals surface area contributed by atoms with Gasteiger partial charge >= 0.3 is 5.97 Å². The first-order valence-electron chi connectivity index (χ1n) is 5.33. The van der Waals surface area contributed by atoms with Gasteiger partial charge in [-0.2, -0.15) is 0 Å². The van der Waals surface area contributed by atoms with Crippen molar-refractivity contribution >= 4 is 22.5 Å². The second-order valence-corrected chi connectivity index (χ2v) is 4.00. The van der Waals surface area contributed by atoms with E-state index in [1.54, 1.807) is 12.1 Å². The Labute approximate surface area is 98.7 Å². The van der Waals surface area contributed by atoms with E-state index in [2.05, 4.69) is 0 Å². The summed E-state index contributed by atoms with van der Waals surface area (Å²) in [5.41, 5.74) is 0.807. The molecule has 0 amide bonds. The van der Waals surface area contributed by atoms with E-state index in [0.29, 0.717) is 5.56 Å². The van der Waals surface area contributed by atoms with Crippen LogP contribution in [0, 0.1) is 0 Å². The molecule has 0 aliphatic carbocycles. The van der Waals surface area contributed by atoms with E-state index in [1.165, 1.54) is 6.92 Å². The van der Waals surface area contributed by atoms with Gasteiger partial charge in [-0.05, 0) is 29.3 Å². The maximum atomic E-state index is 11.2. The Balaban J connectivity index is 2.74. The summed E-state index contributed by atoms with van der Waals surface area (Å²) in [6, 6.07) is 10.8. The summed E-state index contributed by atoms with van der Waals surface area (Å²) in [5.74, 6) is -1.03. The molecule has 3 nitrogen and oxygen atoms in total. The van der Waals surface area contributed by atoms with Gasteiger partial charge in [0, 0.05) is 6.42 Å². The van der Waals surface area contributed by atoms with Crippen LogP contribution in [0.3, 0.4) is 0 Å². The Morgan fingerprint density at radius 3 is 2.47 bits per heavy atom. The molecule has 2 rings (SSSR count). The van der Waals surface area contributed by atoms with E-state index in [9.17, 15) is 9.59 Å². The van der Waals surface area contributed by atoms with Gasteiger partial charge in [-0.3, -0.25) is 4.79 Å². The normalized spacial score (nSPS) is 10.4. The number of ketones is 1. The average Bonchev–Trinajstić information content (AvgIpc) is 2.28. The number of hydrogen-bond acceptors (Lipinski definition) is 2. The molecule has 0 fully saturated rings. The molecule has 0 radical (unpaired) electrons. The summed E-state index contributed by atoms with van der Waals surface area (Å²) in [5, 5.41) is 10.9. The molecule has 0 aromatic heterocycles. The van der Waals surface area contributed by atoms with E-state index in [0.717, 1.165) is 10.8 Å². The minimum Gasteiger partial charge on any atom is -0.478 e. The number of hydrogen-bond donors (Lipinski definition) is 1. The highest BCUT2D eigenvalue weighted by Crippen LogP contribution is 2.23. The van der Waals surface area contributed by atoms with Crippen LogP contribution in [0.5, 0.6) is 0 Å². The number of benzene rings is 2. The highest BCUT2D eigenvalue weighted by Gasteiger charge is 2.14. The second-order valence-electron chi connectivity index (χ2n) is 4.00. The van der Waals surface area contributed by atoms with Gasteiger partial charge in [-0.15, -0.1) is 0 Å². The minimum absolute atomic E-state index is 0.0381. The average molecular weight is 228 g/mol. The standard InChI is InChI=1S/C14H12O3/c1-9(15)8-13-11-5-3-2-4-10(11)6-7-12(13)14(16)17/h2-7H,8H2,1H3,(H,16,17). The summed E-state index contributed by atoms with van der Waals surface area (Å²) < 4.78 is 0. The zero-order chi connectivity index (χ0) is 12.4. The van der Waals surface area contributed by atoms with Gasteiger partial charge in [0.15, 0.2) is 0 Å². The van der Waals surface area contributed by atoms with Gasteiger partial charge in [0.25, 0.3) is 0 Å². The van der Waals surface area contributed by atoms with Crippen molar-refractivity contribution in [3.8, 4) is 0 Å². The predicted octanol–water partition coefficient (Wildman–Crippen LogP) is 2.67. The Hall–Kier alpha value is -2.16. The summed E-state index contributed by atoms with van der Waals surface area (Å²) >= 11 is 0. The van der Waals surface area contributed by atoms with Crippen LogP contribution < -0.4 is 0 Å². The maximum absolute atomic E-state index is 11.2. The van der Waals surface area contributed by atoms with Crippen molar-refractivity contribution in [3.63, 3.8) is 0 Å². The third-order valence-electron chi connectivity index (χ3n) is 2.70. The molecule has 0 saturated carbocycles. The minimum atomic E-state index is -0.994. The molecular formula is C14H12O3. The number of rotatable bonds is 3. The van der Waals surface area contributed by atoms with Crippen molar-refractivity contribution in [2.45, 2.75) is 13.3 Å². The molecule has 0 aliphatic heterocycles. The van der Waals surface area contributed by atoms with Gasteiger partial charge in [0.1, 0.15) is 5.78 Å². The fourth-order valence-electron chi connectivity index (χ4n) is 1.98. The first kappa shape index (κ1) is 11.3. The summed E-state index contributed by atoms with van der Waals surface area (Å²) in [6.07, 6.45) is 0.156. The van der Waals surface area contributed by atoms with Crippen molar-refractivity contribution < 1.29 is 14.7 Å². The maximum Gasteiger partial charge on any atom is 0.335 e. The fraction of sp³-hybridized carbons (Fsp3) is 0.143. The summed E-state index contributed by atoms with van der Waals surface area (Å²) in [4.78, 5) is 22.4. The Morgan fingerprint density at radius 1 is 1.12 bits per heavy atom. The van der Waals surface area contributed by atoms with Gasteiger partial charge in [0.2, 0.25) is 0 Å². The van der Waals surface area contributed by atoms with Crippen molar-refractivity contribution in [1.82, 2.24) is 0 Å². The molecule has 0 spiro atoms. The van der Waals surface area contributed by atoms with Crippen LogP contribution in [-0.4, -0.2) is 16.9 Å². The number of carboxylic acid groups (broad SMARTS) is 1. The SMILES string of the molecule is CC(=O)Cc1c(C(=O)O)ccc2ccccc12. The van der Waals surface area contributed by atoms with Crippen LogP contribution in [0.25, 0.3) is 10.8 Å². The molecule has 0 atom stereocenters. The fourth-order valence-corrected chi connectivity index (χ4v) is 1.98. The molecule has 0 saturated heterocycles. The molecule has 17 heavy (non-hydrogen) atoms. The lowest BCUT2D eigenvalue weighted by Crippen LogP contribution is -2.07. The molecule has 2 aromatic rings. The number of carbonyl (C=O) groups is 2. The smallest absolute Gasteiger partial charge is 0.335 e. The zero-order valence-electron chi connectivity index (χ0n) is 9.43. The van der Waals surface area contributed by atoms with Crippen molar-refractivity contribution in [2.24, 2.45) is 0 Å². The molecular weight excluding hydrogens is 216 g/mol. The molecule has 86 valence electrons. The quantitative estimate of drug-likeness (QED) is 0.878. The Kier molecular flexibility index (Phi) is 2.91. The molecule has 2 aromatic carbocycles. The van der Waals surface area contributed by atoms with Gasteiger partial charge < -0.3 is 5.11 Å². The van der Waals surface area contributed by atoms with Crippen LogP contribution in [0.1, 0.15) is 22.8 Å². The first-order chi connectivity index (χ1) is 8.09. The van der Waals surface area contributed by atoms with E-state index >= 15 is 0 Å². The molecule has 0 heterocycles. The molecule has 0 aliphatic rings. The third kappa shape index (κ3) is 2.18. The number of carbonyl (C=O) groups excluding carboxylic acids is 1. The van der Waals surface area contributed by atoms with Gasteiger partial charge in [0.05, 0.1) is 5.56 Å². The predicted molar refractivity (Wildman–Crippen MR) is 65.3 cm³/mol. The second kappa shape index (κ2) is 4.37. The van der Waals surface area contributed by atoms with Crippen molar-refractivity contribution in [1.29, 1.82) is 0 Å². The molecule has 1 N–H and O–H groups in total. The summed E-state index contributed by atoms with van der Waals surface area (Å²) in [6.45, 7) is 1.47. The highest BCUT2D eigenvalue weighted by molar-refractivity contribution is 6.00. The third-order valence-corrected chi connectivity index (χ3v) is 2.70. The lowest BCUT2D eigenvalue weighted by Gasteiger charge is -2.08. The zero-order valence-corrected chi connectivity index (χ0v) is 9.43. The topological polar surface area (TPSA) is 54.4 Å². The van der Waals surface area contributed by atoms with Crippen LogP contribution >= 0.6 is 0 Å². The van der Waals surface area contributed by atoms with Crippen LogP contribution in [0.4, 0.5) is 0 Å². The van der Waals surface area contributed by atoms with Crippen LogP contribution in [-0.2, 0) is 11.2 Å². The van der Waals surface area contributed by atoms with Gasteiger partial charge in [-0.1, -0.05) is 30.3 Å². The Bertz CT molecular complexity index is 599. The highest BCUT2D eigenvalue weighted by atomic mass is 16.4. The number of fused-ring (bicyclic) bond motifs is 1. The van der Waals surface area contributed by atoms with Crippen molar-refractivity contribution in [3.05, 3.63) is 47.5 Å². The van der Waals surface area contributed by atoms with Crippen LogP contribution in [0.15, 0.2) is 36.4 Å². The molecule has 0 unspecified atom stereocenters. The van der Waals surface area contributed by atoms with E-state index < -0.39 is 5.97 Å². The monoisotopic (exact) mass is 228 g/mol. The van der Waals surface area contributed by atoms with Gasteiger partial charge in [-0.25, -0.2) is 4.79 Å². The van der Waals surface area contributed by atoms with Crippen LogP contribution in [0.2, 0.25) is 0 Å². The van der Waals surface area contributed by atoms with E-state index in [-0.39, 0.29) is 17.8 Å². The van der Waals surface area contributed by atoms with E-state index in [1.807, 2.05) is 24.3 Å². The lowest BCUT2D eigenvalue weighted by atomic mass is 9.95. The molecule has 3 heteroatoms. The number of Topliss-reactive ketones (excluding diaryl/α,β-unsaturated/α-hetero) is 1. The number of aromatic carboxylic acids is 1. The molecule has 0 bridgehead atoms. The van der Waals surface area contributed by atoms with Crippen molar-refractivity contribution in [2.75, 3.05) is 0 Å². The largest absolute Gasteiger partial charge is 0.478 e. The Morgan fingerprint density at radius 2 is 1.82 bits per heavy atom. The summed E-state index contributed by atoms with van der Waals surface area (Å²) in [7, 11) is 0.